The molecule has 0 N–H and O–H groups in total. The highest BCUT2D eigenvalue weighted by atomic mass is 32.1. The van der Waals surface area contributed by atoms with Crippen LogP contribution in [0.15, 0.2) is 200 Å². The molecule has 0 atom stereocenters. The lowest BCUT2D eigenvalue weighted by Gasteiger charge is -2.27. The van der Waals surface area contributed by atoms with Gasteiger partial charge in [0.1, 0.15) is 0 Å². The van der Waals surface area contributed by atoms with Crippen molar-refractivity contribution in [2.24, 2.45) is 0 Å². The Bertz CT molecular complexity index is 3240. The SMILES string of the molecule is c1cc(-c2ccc3ccccc3c2)cc(N(c2cccc(-c3ccc4c(c3)sc3ccccc34)c2)c2cccc(-c3ccc4sc5ccccc5c4c3)c2)c1. The van der Waals surface area contributed by atoms with E-state index in [-0.39, 0.29) is 0 Å². The Hall–Kier alpha value is -6.52. The smallest absolute Gasteiger partial charge is 0.0467 e. The summed E-state index contributed by atoms with van der Waals surface area (Å²) in [6, 6.07) is 73.6. The molecule has 0 aliphatic rings. The number of nitrogens with zero attached hydrogens (tertiary/aromatic N) is 1. The zero-order valence-corrected chi connectivity index (χ0v) is 31.4. The third-order valence-corrected chi connectivity index (χ3v) is 13.1. The zero-order chi connectivity index (χ0) is 36.3. The van der Waals surface area contributed by atoms with Gasteiger partial charge in [0.25, 0.3) is 0 Å². The van der Waals surface area contributed by atoms with Gasteiger partial charge in [0.05, 0.1) is 0 Å². The van der Waals surface area contributed by atoms with Gasteiger partial charge in [-0.2, -0.15) is 0 Å². The van der Waals surface area contributed by atoms with Gasteiger partial charge in [0.15, 0.2) is 0 Å². The molecule has 0 fully saturated rings. The van der Waals surface area contributed by atoms with E-state index < -0.39 is 0 Å². The molecule has 0 unspecified atom stereocenters. The molecule has 0 radical (unpaired) electrons. The fraction of sp³-hybridized carbons (Fsp3) is 0. The molecular weight excluding hydrogens is 703 g/mol. The van der Waals surface area contributed by atoms with Gasteiger partial charge in [-0.25, -0.2) is 0 Å². The van der Waals surface area contributed by atoms with Crippen LogP contribution in [0.25, 0.3) is 84.5 Å². The predicted molar refractivity (Wildman–Crippen MR) is 241 cm³/mol. The number of thiophene rings is 2. The van der Waals surface area contributed by atoms with E-state index in [0.29, 0.717) is 0 Å². The van der Waals surface area contributed by atoms with Crippen LogP contribution in [0.3, 0.4) is 0 Å². The minimum Gasteiger partial charge on any atom is -0.310 e. The molecule has 0 bridgehead atoms. The molecule has 0 spiro atoms. The molecule has 9 aromatic carbocycles. The van der Waals surface area contributed by atoms with E-state index in [1.54, 1.807) is 0 Å². The highest BCUT2D eigenvalue weighted by molar-refractivity contribution is 7.26. The van der Waals surface area contributed by atoms with E-state index in [1.165, 1.54) is 84.5 Å². The maximum atomic E-state index is 2.41. The van der Waals surface area contributed by atoms with Crippen LogP contribution in [-0.2, 0) is 0 Å². The van der Waals surface area contributed by atoms with Gasteiger partial charge in [0, 0.05) is 57.4 Å². The van der Waals surface area contributed by atoms with Gasteiger partial charge in [-0.05, 0) is 117 Å². The average Bonchev–Trinajstić information content (AvgIpc) is 3.82. The van der Waals surface area contributed by atoms with E-state index in [1.807, 2.05) is 22.7 Å². The summed E-state index contributed by atoms with van der Waals surface area (Å²) in [5.41, 5.74) is 10.5. The topological polar surface area (TPSA) is 3.24 Å². The summed E-state index contributed by atoms with van der Waals surface area (Å²) in [7, 11) is 0. The summed E-state index contributed by atoms with van der Waals surface area (Å²) < 4.78 is 5.28. The number of hydrogen-bond donors (Lipinski definition) is 0. The Balaban J connectivity index is 1.05. The molecule has 0 saturated heterocycles. The predicted octanol–water partition coefficient (Wildman–Crippen LogP) is 16.0. The van der Waals surface area contributed by atoms with Crippen LogP contribution >= 0.6 is 22.7 Å². The Morgan fingerprint density at radius 3 is 1.38 bits per heavy atom. The van der Waals surface area contributed by atoms with E-state index in [2.05, 4.69) is 205 Å². The third-order valence-electron chi connectivity index (χ3n) is 10.8. The maximum absolute atomic E-state index is 2.41. The number of fused-ring (bicyclic) bond motifs is 7. The molecule has 258 valence electrons. The van der Waals surface area contributed by atoms with Gasteiger partial charge >= 0.3 is 0 Å². The van der Waals surface area contributed by atoms with Crippen LogP contribution in [0.4, 0.5) is 17.1 Å². The number of anilines is 3. The van der Waals surface area contributed by atoms with Gasteiger partial charge in [-0.15, -0.1) is 22.7 Å². The lowest BCUT2D eigenvalue weighted by molar-refractivity contribution is 1.28. The molecule has 2 heterocycles. The number of rotatable bonds is 6. The van der Waals surface area contributed by atoms with Crippen LogP contribution in [0.5, 0.6) is 0 Å². The fourth-order valence-corrected chi connectivity index (χ4v) is 10.3. The minimum absolute atomic E-state index is 1.11. The number of benzene rings is 9. The summed E-state index contributed by atoms with van der Waals surface area (Å²) in [5, 5.41) is 7.77. The lowest BCUT2D eigenvalue weighted by atomic mass is 9.99. The summed E-state index contributed by atoms with van der Waals surface area (Å²) in [4.78, 5) is 2.41. The summed E-state index contributed by atoms with van der Waals surface area (Å²) in [6.45, 7) is 0. The van der Waals surface area contributed by atoms with E-state index in [4.69, 9.17) is 0 Å². The van der Waals surface area contributed by atoms with Crippen molar-refractivity contribution in [3.63, 3.8) is 0 Å². The summed E-state index contributed by atoms with van der Waals surface area (Å²) in [5.74, 6) is 0. The van der Waals surface area contributed by atoms with Gasteiger partial charge < -0.3 is 4.90 Å². The molecule has 11 rings (SSSR count). The molecule has 2 aromatic heterocycles. The molecule has 3 heteroatoms. The largest absolute Gasteiger partial charge is 0.310 e. The Labute approximate surface area is 327 Å². The number of hydrogen-bond acceptors (Lipinski definition) is 3. The van der Waals surface area contributed by atoms with Crippen LogP contribution < -0.4 is 4.90 Å². The quantitative estimate of drug-likeness (QED) is 0.164. The Morgan fingerprint density at radius 1 is 0.255 bits per heavy atom. The van der Waals surface area contributed by atoms with Crippen molar-refractivity contribution < 1.29 is 0 Å². The highest BCUT2D eigenvalue weighted by Gasteiger charge is 2.17. The third kappa shape index (κ3) is 5.68. The second-order valence-corrected chi connectivity index (χ2v) is 16.3. The summed E-state index contributed by atoms with van der Waals surface area (Å²) in [6.07, 6.45) is 0. The molecule has 55 heavy (non-hydrogen) atoms. The molecule has 0 amide bonds. The highest BCUT2D eigenvalue weighted by Crippen LogP contribution is 2.42. The maximum Gasteiger partial charge on any atom is 0.0467 e. The average molecular weight is 736 g/mol. The van der Waals surface area contributed by atoms with Crippen molar-refractivity contribution in [2.45, 2.75) is 0 Å². The van der Waals surface area contributed by atoms with Crippen LogP contribution in [0.1, 0.15) is 0 Å². The second kappa shape index (κ2) is 13.1. The van der Waals surface area contributed by atoms with Crippen molar-refractivity contribution in [3.05, 3.63) is 200 Å². The fourth-order valence-electron chi connectivity index (χ4n) is 8.10. The molecule has 11 aromatic rings. The van der Waals surface area contributed by atoms with Crippen molar-refractivity contribution >= 4 is 90.9 Å². The normalized spacial score (nSPS) is 11.6. The van der Waals surface area contributed by atoms with Gasteiger partial charge in [0.2, 0.25) is 0 Å². The first-order chi connectivity index (χ1) is 27.2. The van der Waals surface area contributed by atoms with Crippen LogP contribution in [0, 0.1) is 0 Å². The van der Waals surface area contributed by atoms with Crippen LogP contribution in [-0.4, -0.2) is 0 Å². The first-order valence-electron chi connectivity index (χ1n) is 18.6. The van der Waals surface area contributed by atoms with Crippen LogP contribution in [0.2, 0.25) is 0 Å². The standard InChI is InChI=1S/C52H33NS2/c1-2-11-35-28-39(23-22-34(35)10-1)36-12-7-15-42(29-36)53(43-16-8-13-37(30-43)40-25-27-51-48(32-40)46-19-4-6-21-50(46)54-51)44-17-9-14-38(31-44)41-24-26-47-45-18-3-5-20-49(45)55-52(47)33-41/h1-33H. The van der Waals surface area contributed by atoms with Crippen molar-refractivity contribution in [1.29, 1.82) is 0 Å². The zero-order valence-electron chi connectivity index (χ0n) is 29.8. The molecule has 0 aliphatic carbocycles. The first kappa shape index (κ1) is 32.0. The Kier molecular flexibility index (Phi) is 7.61. The van der Waals surface area contributed by atoms with Crippen molar-refractivity contribution in [1.82, 2.24) is 0 Å². The van der Waals surface area contributed by atoms with Gasteiger partial charge in [-0.1, -0.05) is 127 Å². The molecule has 1 nitrogen and oxygen atoms in total. The van der Waals surface area contributed by atoms with Crippen molar-refractivity contribution in [3.8, 4) is 33.4 Å². The minimum atomic E-state index is 1.11. The monoisotopic (exact) mass is 735 g/mol. The van der Waals surface area contributed by atoms with Crippen molar-refractivity contribution in [2.75, 3.05) is 4.90 Å². The second-order valence-electron chi connectivity index (χ2n) is 14.2. The van der Waals surface area contributed by atoms with E-state index >= 15 is 0 Å². The summed E-state index contributed by atoms with van der Waals surface area (Å²) >= 11 is 3.73. The molecule has 0 saturated carbocycles. The Morgan fingerprint density at radius 2 is 0.709 bits per heavy atom. The molecule has 0 aliphatic heterocycles. The van der Waals surface area contributed by atoms with E-state index in [0.717, 1.165) is 17.1 Å². The molecular formula is C52H33NS2. The van der Waals surface area contributed by atoms with Gasteiger partial charge in [-0.3, -0.25) is 0 Å². The van der Waals surface area contributed by atoms with E-state index in [9.17, 15) is 0 Å². The first-order valence-corrected chi connectivity index (χ1v) is 20.3. The lowest BCUT2D eigenvalue weighted by Crippen LogP contribution is -2.10.